The van der Waals surface area contributed by atoms with Gasteiger partial charge in [-0.15, -0.1) is 0 Å². The third-order valence-electron chi connectivity index (χ3n) is 4.04. The number of hydrogen-bond donors (Lipinski definition) is 2. The van der Waals surface area contributed by atoms with E-state index in [1.165, 1.54) is 29.5 Å². The molecule has 3 rings (SSSR count). The number of amides is 2. The lowest BCUT2D eigenvalue weighted by Crippen LogP contribution is -2.27. The quantitative estimate of drug-likeness (QED) is 0.594. The predicted octanol–water partition coefficient (Wildman–Crippen LogP) is 4.89. The van der Waals surface area contributed by atoms with Crippen LogP contribution in [0.4, 0.5) is 29.3 Å². The van der Waals surface area contributed by atoms with Crippen LogP contribution in [0, 0.1) is 0 Å². The van der Waals surface area contributed by atoms with Crippen molar-refractivity contribution in [2.24, 2.45) is 0 Å². The van der Waals surface area contributed by atoms with Gasteiger partial charge in [0.15, 0.2) is 0 Å². The lowest BCUT2D eigenvalue weighted by molar-refractivity contribution is -0.137. The highest BCUT2D eigenvalue weighted by Gasteiger charge is 2.31. The Hall–Kier alpha value is -3.89. The minimum Gasteiger partial charge on any atom is -0.444 e. The minimum absolute atomic E-state index is 0.0418. The molecular weight excluding hydrogens is 427 g/mol. The van der Waals surface area contributed by atoms with Crippen LogP contribution in [0.5, 0.6) is 0 Å². The zero-order valence-electron chi connectivity index (χ0n) is 17.4. The van der Waals surface area contributed by atoms with Gasteiger partial charge in [-0.3, -0.25) is 10.1 Å². The predicted molar refractivity (Wildman–Crippen MR) is 111 cm³/mol. The van der Waals surface area contributed by atoms with Crippen molar-refractivity contribution >= 4 is 23.4 Å². The average molecular weight is 447 g/mol. The van der Waals surface area contributed by atoms with Gasteiger partial charge in [-0.2, -0.15) is 18.3 Å². The van der Waals surface area contributed by atoms with E-state index in [1.54, 1.807) is 32.9 Å². The molecule has 0 aliphatic heterocycles. The molecule has 8 nitrogen and oxygen atoms in total. The lowest BCUT2D eigenvalue weighted by atomic mass is 10.1. The largest absolute Gasteiger partial charge is 0.444 e. The molecule has 3 aromatic rings. The van der Waals surface area contributed by atoms with Crippen molar-refractivity contribution in [3.8, 4) is 5.69 Å². The molecule has 0 saturated heterocycles. The van der Waals surface area contributed by atoms with Crippen LogP contribution in [0.1, 0.15) is 36.7 Å². The molecule has 2 N–H and O–H groups in total. The van der Waals surface area contributed by atoms with Gasteiger partial charge in [0.05, 0.1) is 22.6 Å². The second-order valence-corrected chi connectivity index (χ2v) is 7.73. The van der Waals surface area contributed by atoms with Crippen LogP contribution in [0.3, 0.4) is 0 Å². The number of hydrogen-bond acceptors (Lipinski definition) is 5. The molecule has 0 unspecified atom stereocenters. The van der Waals surface area contributed by atoms with Crippen molar-refractivity contribution in [2.75, 3.05) is 10.6 Å². The summed E-state index contributed by atoms with van der Waals surface area (Å²) in [6.07, 6.45) is -2.67. The number of halogens is 3. The van der Waals surface area contributed by atoms with Crippen LogP contribution in [0.25, 0.3) is 5.69 Å². The molecule has 1 heterocycles. The number of nitrogens with zero attached hydrogens (tertiary/aromatic N) is 3. The number of aromatic nitrogens is 3. The summed E-state index contributed by atoms with van der Waals surface area (Å²) in [5, 5.41) is 8.76. The maximum Gasteiger partial charge on any atom is 0.416 e. The Bertz CT molecular complexity index is 1110. The first-order valence-corrected chi connectivity index (χ1v) is 9.40. The summed E-state index contributed by atoms with van der Waals surface area (Å²) < 4.78 is 46.2. The molecule has 0 saturated carbocycles. The van der Waals surface area contributed by atoms with Crippen LogP contribution in [-0.2, 0) is 10.9 Å². The van der Waals surface area contributed by atoms with E-state index in [4.69, 9.17) is 4.74 Å². The Morgan fingerprint density at radius 2 is 1.66 bits per heavy atom. The highest BCUT2D eigenvalue weighted by atomic mass is 19.4. The smallest absolute Gasteiger partial charge is 0.416 e. The lowest BCUT2D eigenvalue weighted by Gasteiger charge is -2.21. The van der Waals surface area contributed by atoms with Crippen LogP contribution < -0.4 is 10.6 Å². The zero-order chi connectivity index (χ0) is 23.5. The Morgan fingerprint density at radius 1 is 0.969 bits per heavy atom. The summed E-state index contributed by atoms with van der Waals surface area (Å²) in [6, 6.07) is 8.78. The summed E-state index contributed by atoms with van der Waals surface area (Å²) >= 11 is 0. The van der Waals surface area contributed by atoms with Crippen molar-refractivity contribution in [2.45, 2.75) is 32.5 Å². The van der Waals surface area contributed by atoms with Gasteiger partial charge in [0.1, 0.15) is 18.3 Å². The van der Waals surface area contributed by atoms with Crippen LogP contribution >= 0.6 is 0 Å². The van der Waals surface area contributed by atoms with Crippen LogP contribution in [-0.4, -0.2) is 32.4 Å². The molecule has 0 radical (unpaired) electrons. The van der Waals surface area contributed by atoms with Gasteiger partial charge >= 0.3 is 12.3 Å². The van der Waals surface area contributed by atoms with E-state index < -0.39 is 29.3 Å². The van der Waals surface area contributed by atoms with Crippen LogP contribution in [0.15, 0.2) is 55.1 Å². The van der Waals surface area contributed by atoms with Crippen molar-refractivity contribution in [3.05, 3.63) is 66.2 Å². The van der Waals surface area contributed by atoms with E-state index in [-0.39, 0.29) is 16.9 Å². The molecule has 2 aromatic carbocycles. The van der Waals surface area contributed by atoms with Gasteiger partial charge in [-0.1, -0.05) is 0 Å². The van der Waals surface area contributed by atoms with Crippen molar-refractivity contribution in [1.29, 1.82) is 0 Å². The first kappa shape index (κ1) is 22.8. The Kier molecular flexibility index (Phi) is 6.19. The topological polar surface area (TPSA) is 98.1 Å². The maximum absolute atomic E-state index is 13.2. The molecule has 0 atom stereocenters. The van der Waals surface area contributed by atoms with Gasteiger partial charge in [0, 0.05) is 5.56 Å². The molecule has 0 spiro atoms. The standard InChI is InChI=1S/C21H20F3N5O3/c1-20(2,3)32-19(31)28-16-9-6-14(21(22,23)24)10-17(16)27-18(30)13-4-7-15(8-5-13)29-12-25-11-26-29/h4-12H,1-3H3,(H,27,30)(H,28,31). The van der Waals surface area contributed by atoms with E-state index in [0.717, 1.165) is 18.2 Å². The number of ether oxygens (including phenoxy) is 1. The summed E-state index contributed by atoms with van der Waals surface area (Å²) in [5.41, 5.74) is -1.23. The number of alkyl halides is 3. The number of rotatable bonds is 4. The van der Waals surface area contributed by atoms with Crippen molar-refractivity contribution in [3.63, 3.8) is 0 Å². The average Bonchev–Trinajstić information content (AvgIpc) is 3.22. The third-order valence-corrected chi connectivity index (χ3v) is 4.04. The molecule has 0 aliphatic carbocycles. The van der Waals surface area contributed by atoms with Crippen molar-refractivity contribution < 1.29 is 27.5 Å². The third kappa shape index (κ3) is 5.84. The summed E-state index contributed by atoms with van der Waals surface area (Å²) in [4.78, 5) is 28.6. The fourth-order valence-electron chi connectivity index (χ4n) is 2.65. The Labute approximate surface area is 181 Å². The maximum atomic E-state index is 13.2. The number of benzene rings is 2. The Balaban J connectivity index is 1.85. The van der Waals surface area contributed by atoms with E-state index in [2.05, 4.69) is 20.7 Å². The summed E-state index contributed by atoms with van der Waals surface area (Å²) in [7, 11) is 0. The van der Waals surface area contributed by atoms with Gasteiger partial charge in [-0.05, 0) is 63.2 Å². The number of nitrogens with one attached hydrogen (secondary N) is 2. The normalized spacial score (nSPS) is 11.7. The first-order chi connectivity index (χ1) is 14.9. The molecule has 2 amide bonds. The highest BCUT2D eigenvalue weighted by molar-refractivity contribution is 6.07. The van der Waals surface area contributed by atoms with E-state index >= 15 is 0 Å². The molecule has 0 bridgehead atoms. The van der Waals surface area contributed by atoms with E-state index in [9.17, 15) is 22.8 Å². The monoisotopic (exact) mass is 447 g/mol. The fourth-order valence-corrected chi connectivity index (χ4v) is 2.65. The molecule has 32 heavy (non-hydrogen) atoms. The SMILES string of the molecule is CC(C)(C)OC(=O)Nc1ccc(C(F)(F)F)cc1NC(=O)c1ccc(-n2cncn2)cc1. The molecule has 11 heteroatoms. The van der Waals surface area contributed by atoms with E-state index in [1.807, 2.05) is 0 Å². The van der Waals surface area contributed by atoms with Gasteiger partial charge in [-0.25, -0.2) is 14.5 Å². The molecule has 168 valence electrons. The summed E-state index contributed by atoms with van der Waals surface area (Å²) in [5.74, 6) is -0.665. The zero-order valence-corrected chi connectivity index (χ0v) is 17.4. The number of carbonyl (C=O) groups is 2. The molecule has 0 aliphatic rings. The van der Waals surface area contributed by atoms with Crippen molar-refractivity contribution in [1.82, 2.24) is 14.8 Å². The number of carbonyl (C=O) groups excluding carboxylic acids is 2. The molecular formula is C21H20F3N5O3. The van der Waals surface area contributed by atoms with Gasteiger partial charge < -0.3 is 10.1 Å². The summed E-state index contributed by atoms with van der Waals surface area (Å²) in [6.45, 7) is 4.93. The van der Waals surface area contributed by atoms with Gasteiger partial charge in [0.25, 0.3) is 5.91 Å². The van der Waals surface area contributed by atoms with E-state index in [0.29, 0.717) is 5.69 Å². The fraction of sp³-hybridized carbons (Fsp3) is 0.238. The minimum atomic E-state index is -4.64. The molecule has 1 aromatic heterocycles. The van der Waals surface area contributed by atoms with Gasteiger partial charge in [0.2, 0.25) is 0 Å². The highest BCUT2D eigenvalue weighted by Crippen LogP contribution is 2.34. The Morgan fingerprint density at radius 3 is 2.22 bits per heavy atom. The first-order valence-electron chi connectivity index (χ1n) is 9.40. The second-order valence-electron chi connectivity index (χ2n) is 7.73. The molecule has 0 fully saturated rings. The number of anilines is 2. The second kappa shape index (κ2) is 8.69. The van der Waals surface area contributed by atoms with Crippen LogP contribution in [0.2, 0.25) is 0 Å².